The maximum atomic E-state index is 9.43. The molecule has 2 unspecified atom stereocenters. The lowest BCUT2D eigenvalue weighted by Crippen LogP contribution is -2.38. The summed E-state index contributed by atoms with van der Waals surface area (Å²) in [4.78, 5) is 0. The van der Waals surface area contributed by atoms with Gasteiger partial charge in [-0.15, -0.1) is 0 Å². The minimum Gasteiger partial charge on any atom is -0.389 e. The largest absolute Gasteiger partial charge is 0.389 e. The molecule has 2 atom stereocenters. The molecule has 1 saturated heterocycles. The summed E-state index contributed by atoms with van der Waals surface area (Å²) >= 11 is 1.69. The molecule has 1 aromatic heterocycles. The van der Waals surface area contributed by atoms with E-state index in [0.29, 0.717) is 13.2 Å². The summed E-state index contributed by atoms with van der Waals surface area (Å²) < 4.78 is 5.13. The van der Waals surface area contributed by atoms with Gasteiger partial charge in [0.05, 0.1) is 25.4 Å². The lowest BCUT2D eigenvalue weighted by Gasteiger charge is -2.13. The fraction of sp³-hybridized carbons (Fsp3) is 0.556. The number of aliphatic hydroxyl groups is 1. The number of thiophene rings is 1. The topological polar surface area (TPSA) is 41.5 Å². The van der Waals surface area contributed by atoms with Crippen molar-refractivity contribution in [1.29, 1.82) is 0 Å². The molecule has 0 radical (unpaired) electrons. The van der Waals surface area contributed by atoms with E-state index in [1.807, 2.05) is 0 Å². The number of hydrogen-bond donors (Lipinski definition) is 2. The second-order valence-corrected chi connectivity index (χ2v) is 4.00. The van der Waals surface area contributed by atoms with Crippen LogP contribution >= 0.6 is 11.3 Å². The molecule has 1 aromatic rings. The van der Waals surface area contributed by atoms with E-state index in [1.54, 1.807) is 11.3 Å². The van der Waals surface area contributed by atoms with E-state index in [9.17, 15) is 5.11 Å². The van der Waals surface area contributed by atoms with Crippen molar-refractivity contribution in [2.75, 3.05) is 13.2 Å². The quantitative estimate of drug-likeness (QED) is 0.749. The minimum absolute atomic E-state index is 0.0971. The first-order valence-corrected chi connectivity index (χ1v) is 5.31. The van der Waals surface area contributed by atoms with Crippen molar-refractivity contribution in [3.63, 3.8) is 0 Å². The van der Waals surface area contributed by atoms with Crippen molar-refractivity contribution in [2.24, 2.45) is 0 Å². The van der Waals surface area contributed by atoms with Crippen LogP contribution in [0.1, 0.15) is 5.56 Å². The summed E-state index contributed by atoms with van der Waals surface area (Å²) in [5, 5.41) is 16.9. The molecule has 72 valence electrons. The van der Waals surface area contributed by atoms with Crippen LogP contribution in [0.3, 0.4) is 0 Å². The molecule has 1 fully saturated rings. The second-order valence-electron chi connectivity index (χ2n) is 3.22. The first-order valence-electron chi connectivity index (χ1n) is 4.36. The standard InChI is InChI=1S/C9H13NO2S/c11-9-5-12-4-8(9)10-3-7-1-2-13-6-7/h1-2,6,8-11H,3-5H2. The summed E-state index contributed by atoms with van der Waals surface area (Å²) in [6, 6.07) is 2.18. The molecule has 4 heteroatoms. The summed E-state index contributed by atoms with van der Waals surface area (Å²) in [7, 11) is 0. The van der Waals surface area contributed by atoms with Gasteiger partial charge in [-0.05, 0) is 22.4 Å². The minimum atomic E-state index is -0.348. The smallest absolute Gasteiger partial charge is 0.0948 e. The van der Waals surface area contributed by atoms with Crippen LogP contribution < -0.4 is 5.32 Å². The van der Waals surface area contributed by atoms with E-state index in [0.717, 1.165) is 6.54 Å². The zero-order chi connectivity index (χ0) is 9.10. The maximum Gasteiger partial charge on any atom is 0.0948 e. The fourth-order valence-electron chi connectivity index (χ4n) is 1.38. The van der Waals surface area contributed by atoms with Gasteiger partial charge in [0, 0.05) is 6.54 Å². The van der Waals surface area contributed by atoms with Gasteiger partial charge in [-0.1, -0.05) is 0 Å². The molecule has 2 heterocycles. The Morgan fingerprint density at radius 2 is 2.54 bits per heavy atom. The average molecular weight is 199 g/mol. The van der Waals surface area contributed by atoms with Gasteiger partial charge in [-0.25, -0.2) is 0 Å². The molecule has 3 nitrogen and oxygen atoms in total. The molecule has 2 rings (SSSR count). The highest BCUT2D eigenvalue weighted by molar-refractivity contribution is 7.07. The van der Waals surface area contributed by atoms with Gasteiger partial charge in [0.2, 0.25) is 0 Å². The molecule has 1 aliphatic heterocycles. The molecule has 0 aliphatic carbocycles. The lowest BCUT2D eigenvalue weighted by atomic mass is 10.2. The van der Waals surface area contributed by atoms with Gasteiger partial charge in [0.25, 0.3) is 0 Å². The number of hydrogen-bond acceptors (Lipinski definition) is 4. The van der Waals surface area contributed by atoms with Crippen molar-refractivity contribution in [3.05, 3.63) is 22.4 Å². The van der Waals surface area contributed by atoms with Crippen molar-refractivity contribution in [1.82, 2.24) is 5.32 Å². The molecule has 0 bridgehead atoms. The predicted octanol–water partition coefficient (Wildman–Crippen LogP) is 0.597. The van der Waals surface area contributed by atoms with Crippen LogP contribution in [0.2, 0.25) is 0 Å². The second kappa shape index (κ2) is 4.19. The van der Waals surface area contributed by atoms with Crippen LogP contribution in [-0.4, -0.2) is 30.5 Å². The van der Waals surface area contributed by atoms with Crippen molar-refractivity contribution in [3.8, 4) is 0 Å². The first-order chi connectivity index (χ1) is 6.36. The molecule has 0 saturated carbocycles. The van der Waals surface area contributed by atoms with Gasteiger partial charge in [0.15, 0.2) is 0 Å². The molecular formula is C9H13NO2S. The summed E-state index contributed by atoms with van der Waals surface area (Å²) in [6.07, 6.45) is -0.348. The van der Waals surface area contributed by atoms with Crippen LogP contribution in [0, 0.1) is 0 Å². The van der Waals surface area contributed by atoms with E-state index in [1.165, 1.54) is 5.56 Å². The van der Waals surface area contributed by atoms with Crippen molar-refractivity contribution < 1.29 is 9.84 Å². The molecule has 0 amide bonds. The van der Waals surface area contributed by atoms with Crippen molar-refractivity contribution in [2.45, 2.75) is 18.7 Å². The van der Waals surface area contributed by atoms with E-state index >= 15 is 0 Å². The zero-order valence-corrected chi connectivity index (χ0v) is 8.09. The lowest BCUT2D eigenvalue weighted by molar-refractivity contribution is 0.122. The van der Waals surface area contributed by atoms with E-state index in [2.05, 4.69) is 22.1 Å². The third-order valence-corrected chi connectivity index (χ3v) is 2.93. The zero-order valence-electron chi connectivity index (χ0n) is 7.27. The average Bonchev–Trinajstić information content (AvgIpc) is 2.72. The monoisotopic (exact) mass is 199 g/mol. The highest BCUT2D eigenvalue weighted by atomic mass is 32.1. The Labute approximate surface area is 81.3 Å². The van der Waals surface area contributed by atoms with Gasteiger partial charge >= 0.3 is 0 Å². The number of ether oxygens (including phenoxy) is 1. The number of aliphatic hydroxyl groups excluding tert-OH is 1. The molecule has 13 heavy (non-hydrogen) atoms. The Morgan fingerprint density at radius 1 is 1.62 bits per heavy atom. The maximum absolute atomic E-state index is 9.43. The van der Waals surface area contributed by atoms with Crippen LogP contribution in [0.4, 0.5) is 0 Å². The highest BCUT2D eigenvalue weighted by Gasteiger charge is 2.25. The number of nitrogens with one attached hydrogen (secondary N) is 1. The molecule has 0 aromatic carbocycles. The number of rotatable bonds is 3. The Kier molecular flexibility index (Phi) is 2.95. The summed E-state index contributed by atoms with van der Waals surface area (Å²) in [6.45, 7) is 1.89. The van der Waals surface area contributed by atoms with Crippen LogP contribution in [-0.2, 0) is 11.3 Å². The third-order valence-electron chi connectivity index (χ3n) is 2.20. The van der Waals surface area contributed by atoms with Crippen molar-refractivity contribution >= 4 is 11.3 Å². The summed E-state index contributed by atoms with van der Waals surface area (Å²) in [5.41, 5.74) is 1.27. The highest BCUT2D eigenvalue weighted by Crippen LogP contribution is 2.09. The normalized spacial score (nSPS) is 28.1. The van der Waals surface area contributed by atoms with Gasteiger partial charge in [-0.3, -0.25) is 0 Å². The first kappa shape index (κ1) is 9.15. The van der Waals surface area contributed by atoms with E-state index in [4.69, 9.17) is 4.74 Å². The molecular weight excluding hydrogens is 186 g/mol. The van der Waals surface area contributed by atoms with Crippen LogP contribution in [0.15, 0.2) is 16.8 Å². The SMILES string of the molecule is OC1COCC1NCc1ccsc1. The Bertz CT molecular complexity index is 250. The van der Waals surface area contributed by atoms with E-state index < -0.39 is 0 Å². The predicted molar refractivity (Wildman–Crippen MR) is 51.8 cm³/mol. The van der Waals surface area contributed by atoms with Crippen LogP contribution in [0.5, 0.6) is 0 Å². The van der Waals surface area contributed by atoms with Gasteiger partial charge < -0.3 is 15.2 Å². The third kappa shape index (κ3) is 2.28. The fourth-order valence-corrected chi connectivity index (χ4v) is 2.05. The van der Waals surface area contributed by atoms with Crippen LogP contribution in [0.25, 0.3) is 0 Å². The Morgan fingerprint density at radius 3 is 3.15 bits per heavy atom. The molecule has 1 aliphatic rings. The summed E-state index contributed by atoms with van der Waals surface area (Å²) in [5.74, 6) is 0. The Hall–Kier alpha value is -0.420. The van der Waals surface area contributed by atoms with Gasteiger partial charge in [0.1, 0.15) is 0 Å². The Balaban J connectivity index is 1.79. The molecule has 2 N–H and O–H groups in total. The van der Waals surface area contributed by atoms with Gasteiger partial charge in [-0.2, -0.15) is 11.3 Å². The molecule has 0 spiro atoms. The van der Waals surface area contributed by atoms with E-state index in [-0.39, 0.29) is 12.1 Å².